The Balaban J connectivity index is 1.92. The van der Waals surface area contributed by atoms with Crippen molar-refractivity contribution in [1.29, 1.82) is 0 Å². The normalized spacial score (nSPS) is 27.5. The third-order valence-corrected chi connectivity index (χ3v) is 5.89. The number of fused-ring (bicyclic) bond motifs is 3. The minimum atomic E-state index is -1.04. The van der Waals surface area contributed by atoms with E-state index in [-0.39, 0.29) is 31.9 Å². The van der Waals surface area contributed by atoms with Crippen LogP contribution in [0.25, 0.3) is 0 Å². The van der Waals surface area contributed by atoms with Crippen molar-refractivity contribution in [3.8, 4) is 5.75 Å². The molecule has 1 unspecified atom stereocenters. The molecule has 1 heterocycles. The van der Waals surface area contributed by atoms with Crippen LogP contribution < -0.4 is 10.2 Å². The van der Waals surface area contributed by atoms with Crippen molar-refractivity contribution in [3.63, 3.8) is 0 Å². The molecule has 0 spiro atoms. The molecule has 3 rings (SSSR count). The first-order chi connectivity index (χ1) is 14.0. The van der Waals surface area contributed by atoms with Crippen LogP contribution >= 0.6 is 0 Å². The quantitative estimate of drug-likeness (QED) is 0.290. The summed E-state index contributed by atoms with van der Waals surface area (Å²) in [5.41, 5.74) is 2.51. The Labute approximate surface area is 169 Å². The summed E-state index contributed by atoms with van der Waals surface area (Å²) in [6, 6.07) is 6.53. The molecule has 5 atom stereocenters. The highest BCUT2D eigenvalue weighted by Crippen LogP contribution is 2.49. The van der Waals surface area contributed by atoms with Gasteiger partial charge >= 0.3 is 0 Å². The van der Waals surface area contributed by atoms with Crippen molar-refractivity contribution < 1.29 is 34.8 Å². The van der Waals surface area contributed by atoms with Gasteiger partial charge in [-0.1, -0.05) is 31.5 Å². The molecule has 1 aliphatic heterocycles. The molecule has 9 heteroatoms. The van der Waals surface area contributed by atoms with Gasteiger partial charge < -0.3 is 14.7 Å². The third kappa shape index (κ3) is 4.23. The van der Waals surface area contributed by atoms with E-state index in [1.54, 1.807) is 17.6 Å². The Morgan fingerprint density at radius 1 is 1.34 bits per heavy atom. The van der Waals surface area contributed by atoms with Crippen LogP contribution in [-0.2, 0) is 14.5 Å². The van der Waals surface area contributed by atoms with E-state index in [1.807, 2.05) is 19.1 Å². The van der Waals surface area contributed by atoms with Gasteiger partial charge in [-0.15, -0.1) is 0 Å². The van der Waals surface area contributed by atoms with E-state index in [2.05, 4.69) is 4.89 Å². The van der Waals surface area contributed by atoms with E-state index in [4.69, 9.17) is 9.99 Å². The summed E-state index contributed by atoms with van der Waals surface area (Å²) < 4.78 is 5.96. The number of rotatable bonds is 8. The number of hydroxylamine groups is 1. The number of carbonyl (C=O) groups is 2. The molecule has 2 aliphatic rings. The number of hydrogen-bond acceptors (Lipinski definition) is 7. The van der Waals surface area contributed by atoms with Crippen molar-refractivity contribution in [2.75, 3.05) is 13.2 Å². The predicted molar refractivity (Wildman–Crippen MR) is 101 cm³/mol. The first-order valence-electron chi connectivity index (χ1n) is 9.96. The number of para-hydroxylation sites is 1. The summed E-state index contributed by atoms with van der Waals surface area (Å²) >= 11 is 0. The Hall–Kier alpha value is -2.20. The van der Waals surface area contributed by atoms with Crippen molar-refractivity contribution in [2.24, 2.45) is 5.92 Å². The molecule has 1 aromatic carbocycles. The molecule has 0 radical (unpaired) electrons. The first-order valence-corrected chi connectivity index (χ1v) is 9.96. The molecular weight excluding hydrogens is 380 g/mol. The molecule has 1 aliphatic carbocycles. The van der Waals surface area contributed by atoms with Crippen LogP contribution in [-0.4, -0.2) is 63.7 Å². The van der Waals surface area contributed by atoms with Crippen molar-refractivity contribution in [1.82, 2.24) is 10.4 Å². The lowest BCUT2D eigenvalue weighted by molar-refractivity contribution is -0.245. The summed E-state index contributed by atoms with van der Waals surface area (Å²) in [7, 11) is 0. The maximum atomic E-state index is 12.8. The second kappa shape index (κ2) is 9.53. The average molecular weight is 408 g/mol. The number of hydrogen-bond donors (Lipinski definition) is 4. The molecule has 1 saturated carbocycles. The van der Waals surface area contributed by atoms with Crippen LogP contribution in [0.15, 0.2) is 24.3 Å². The Morgan fingerprint density at radius 3 is 2.79 bits per heavy atom. The smallest absolute Gasteiger partial charge is 0.247 e. The first kappa shape index (κ1) is 21.5. The number of benzene rings is 1. The van der Waals surface area contributed by atoms with Crippen molar-refractivity contribution in [3.05, 3.63) is 29.8 Å². The number of nitrogens with zero attached hydrogens (tertiary/aromatic N) is 1. The molecule has 0 saturated heterocycles. The van der Waals surface area contributed by atoms with Crippen LogP contribution in [0.5, 0.6) is 5.75 Å². The number of ether oxygens (including phenoxy) is 1. The van der Waals surface area contributed by atoms with E-state index in [0.29, 0.717) is 12.2 Å². The molecule has 4 N–H and O–H groups in total. The van der Waals surface area contributed by atoms with E-state index in [1.165, 1.54) is 4.90 Å². The SMILES string of the molecule is CCCCC(=O)N(CCOO)[C@@H]1CC(C(=O)NO)[C@@H]2c3ccccc3O[C@@H]2[C@H]1O. The fourth-order valence-corrected chi connectivity index (χ4v) is 4.50. The molecule has 2 amide bonds. The molecule has 160 valence electrons. The summed E-state index contributed by atoms with van der Waals surface area (Å²) in [5, 5.41) is 29.1. The zero-order valence-corrected chi connectivity index (χ0v) is 16.4. The van der Waals surface area contributed by atoms with Crippen molar-refractivity contribution >= 4 is 11.8 Å². The fraction of sp³-hybridized carbons (Fsp3) is 0.600. The topological polar surface area (TPSA) is 129 Å². The van der Waals surface area contributed by atoms with Crippen LogP contribution in [0.4, 0.5) is 0 Å². The predicted octanol–water partition coefficient (Wildman–Crippen LogP) is 1.29. The highest BCUT2D eigenvalue weighted by Gasteiger charge is 2.54. The second-order valence-corrected chi connectivity index (χ2v) is 7.55. The number of amides is 2. The average Bonchev–Trinajstić information content (AvgIpc) is 3.13. The number of nitrogens with one attached hydrogen (secondary N) is 1. The molecule has 0 aromatic heterocycles. The van der Waals surface area contributed by atoms with E-state index < -0.39 is 36.0 Å². The van der Waals surface area contributed by atoms with Gasteiger partial charge in [-0.3, -0.25) is 20.1 Å². The minimum absolute atomic E-state index is 0.0680. The maximum absolute atomic E-state index is 12.8. The highest BCUT2D eigenvalue weighted by molar-refractivity contribution is 5.80. The molecule has 1 fully saturated rings. The van der Waals surface area contributed by atoms with E-state index in [0.717, 1.165) is 12.0 Å². The second-order valence-electron chi connectivity index (χ2n) is 7.55. The zero-order chi connectivity index (χ0) is 21.0. The monoisotopic (exact) mass is 408 g/mol. The highest BCUT2D eigenvalue weighted by atomic mass is 17.1. The van der Waals surface area contributed by atoms with Gasteiger partial charge in [-0.2, -0.15) is 0 Å². The molecular formula is C20H28N2O7. The van der Waals surface area contributed by atoms with Crippen LogP contribution in [0.1, 0.15) is 44.1 Å². The summed E-state index contributed by atoms with van der Waals surface area (Å²) in [6.45, 7) is 1.92. The molecule has 9 nitrogen and oxygen atoms in total. The van der Waals surface area contributed by atoms with Gasteiger partial charge in [0.15, 0.2) is 0 Å². The molecule has 29 heavy (non-hydrogen) atoms. The third-order valence-electron chi connectivity index (χ3n) is 5.89. The lowest BCUT2D eigenvalue weighted by Gasteiger charge is -2.45. The Morgan fingerprint density at radius 2 is 2.10 bits per heavy atom. The number of unbranched alkanes of at least 4 members (excludes halogenated alkanes) is 1. The van der Waals surface area contributed by atoms with Gasteiger partial charge in [0.2, 0.25) is 11.8 Å². The van der Waals surface area contributed by atoms with Gasteiger partial charge in [0.1, 0.15) is 18.0 Å². The van der Waals surface area contributed by atoms with Gasteiger partial charge in [0.25, 0.3) is 0 Å². The van der Waals surface area contributed by atoms with Gasteiger partial charge in [0.05, 0.1) is 18.6 Å². The fourth-order valence-electron chi connectivity index (χ4n) is 4.50. The Kier molecular flexibility index (Phi) is 7.07. The molecule has 1 aromatic rings. The van der Waals surface area contributed by atoms with Crippen molar-refractivity contribution in [2.45, 2.75) is 56.8 Å². The zero-order valence-electron chi connectivity index (χ0n) is 16.4. The summed E-state index contributed by atoms with van der Waals surface area (Å²) in [6.07, 6.45) is 0.186. The Bertz CT molecular complexity index is 729. The number of aliphatic hydroxyl groups is 1. The van der Waals surface area contributed by atoms with Gasteiger partial charge in [-0.05, 0) is 18.9 Å². The summed E-state index contributed by atoms with van der Waals surface area (Å²) in [4.78, 5) is 30.9. The summed E-state index contributed by atoms with van der Waals surface area (Å²) in [5.74, 6) is -1.33. The van der Waals surface area contributed by atoms with E-state index >= 15 is 0 Å². The maximum Gasteiger partial charge on any atom is 0.247 e. The van der Waals surface area contributed by atoms with Crippen LogP contribution in [0.3, 0.4) is 0 Å². The standard InChI is InChI=1S/C20H28N2O7/c1-2-3-8-16(23)22(9-10-28-27)14-11-13(20(25)21-26)17-12-6-4-5-7-15(12)29-19(17)18(14)24/h4-7,13-14,17-19,24,26-27H,2-3,8-11H2,1H3,(H,21,25)/t13?,14-,17+,18+,19+/m1/s1. The lowest BCUT2D eigenvalue weighted by Crippen LogP contribution is -2.60. The van der Waals surface area contributed by atoms with Gasteiger partial charge in [0, 0.05) is 24.4 Å². The van der Waals surface area contributed by atoms with Crippen LogP contribution in [0, 0.1) is 5.92 Å². The van der Waals surface area contributed by atoms with E-state index in [9.17, 15) is 19.9 Å². The minimum Gasteiger partial charge on any atom is -0.487 e. The lowest BCUT2D eigenvalue weighted by atomic mass is 9.70. The van der Waals surface area contributed by atoms with Crippen LogP contribution in [0.2, 0.25) is 0 Å². The number of carbonyl (C=O) groups excluding carboxylic acids is 2. The molecule has 0 bridgehead atoms. The largest absolute Gasteiger partial charge is 0.487 e. The number of aliphatic hydroxyl groups excluding tert-OH is 1. The van der Waals surface area contributed by atoms with Gasteiger partial charge in [-0.25, -0.2) is 10.4 Å².